The fourth-order valence-corrected chi connectivity index (χ4v) is 7.36. The van der Waals surface area contributed by atoms with Gasteiger partial charge in [0.25, 0.3) is 0 Å². The lowest BCUT2D eigenvalue weighted by Crippen LogP contribution is -2.30. The number of hydrogen-bond acceptors (Lipinski definition) is 5. The molecule has 5 nitrogen and oxygen atoms in total. The smallest absolute Gasteiger partial charge is 0.306 e. The third-order valence-corrected chi connectivity index (χ3v) is 11.2. The molecule has 0 aromatic carbocycles. The first kappa shape index (κ1) is 59.3. The fraction of sp³-hybridized carbons (Fsp3) is 0.754. The number of allylic oxidation sites excluding steroid dienone is 12. The van der Waals surface area contributed by atoms with Crippen molar-refractivity contribution >= 4 is 11.9 Å². The SMILES string of the molecule is CC/C=C\C/C=C\C/C=C\CCCCCCCCOCC(COC(=O)CCCCCCC/C=C\C/C=C\C/C=C\CC)OC(=O)CCCCCCCCCCCCCCCCC. The van der Waals surface area contributed by atoms with Crippen LogP contribution in [0.25, 0.3) is 0 Å². The summed E-state index contributed by atoms with van der Waals surface area (Å²) in [6.07, 6.45) is 67.7. The molecule has 5 heteroatoms. The second kappa shape index (κ2) is 52.7. The first-order valence-electron chi connectivity index (χ1n) is 26.5. The Morgan fingerprint density at radius 1 is 0.371 bits per heavy atom. The Kier molecular flexibility index (Phi) is 50.4. The minimum atomic E-state index is -0.550. The van der Waals surface area contributed by atoms with Crippen molar-refractivity contribution in [1.82, 2.24) is 0 Å². The highest BCUT2D eigenvalue weighted by molar-refractivity contribution is 5.70. The number of esters is 2. The summed E-state index contributed by atoms with van der Waals surface area (Å²) in [4.78, 5) is 25.4. The van der Waals surface area contributed by atoms with E-state index >= 15 is 0 Å². The molecule has 0 spiro atoms. The highest BCUT2D eigenvalue weighted by atomic mass is 16.6. The Labute approximate surface area is 385 Å². The van der Waals surface area contributed by atoms with Gasteiger partial charge in [0.15, 0.2) is 6.10 Å². The Morgan fingerprint density at radius 2 is 0.726 bits per heavy atom. The largest absolute Gasteiger partial charge is 0.462 e. The lowest BCUT2D eigenvalue weighted by atomic mass is 10.0. The van der Waals surface area contributed by atoms with Crippen LogP contribution in [0, 0.1) is 0 Å². The summed E-state index contributed by atoms with van der Waals surface area (Å²) >= 11 is 0. The molecular weight excluding hydrogens is 765 g/mol. The molecule has 0 aromatic rings. The molecule has 0 aromatic heterocycles. The molecule has 62 heavy (non-hydrogen) atoms. The van der Waals surface area contributed by atoms with E-state index < -0.39 is 6.10 Å². The van der Waals surface area contributed by atoms with Crippen LogP contribution in [0.15, 0.2) is 72.9 Å². The monoisotopic (exact) mass is 865 g/mol. The van der Waals surface area contributed by atoms with Crippen molar-refractivity contribution in [3.05, 3.63) is 72.9 Å². The number of unbranched alkanes of at least 4 members (excludes halogenated alkanes) is 25. The van der Waals surface area contributed by atoms with Crippen LogP contribution in [0.3, 0.4) is 0 Å². The molecule has 1 unspecified atom stereocenters. The summed E-state index contributed by atoms with van der Waals surface area (Å²) in [5.41, 5.74) is 0. The average molecular weight is 865 g/mol. The van der Waals surface area contributed by atoms with Gasteiger partial charge in [0.2, 0.25) is 0 Å². The maximum Gasteiger partial charge on any atom is 0.306 e. The third kappa shape index (κ3) is 50.0. The van der Waals surface area contributed by atoms with Gasteiger partial charge in [-0.3, -0.25) is 9.59 Å². The van der Waals surface area contributed by atoms with E-state index in [0.717, 1.165) is 96.3 Å². The molecule has 0 aliphatic heterocycles. The van der Waals surface area contributed by atoms with Crippen LogP contribution in [-0.2, 0) is 23.8 Å². The topological polar surface area (TPSA) is 61.8 Å². The predicted octanol–water partition coefficient (Wildman–Crippen LogP) is 17.9. The third-order valence-electron chi connectivity index (χ3n) is 11.2. The second-order valence-corrected chi connectivity index (χ2v) is 17.4. The number of carbonyl (C=O) groups excluding carboxylic acids is 2. The van der Waals surface area contributed by atoms with E-state index in [4.69, 9.17) is 14.2 Å². The molecule has 0 aliphatic carbocycles. The normalized spacial score (nSPS) is 12.8. The first-order chi connectivity index (χ1) is 30.6. The predicted molar refractivity (Wildman–Crippen MR) is 270 cm³/mol. The molecule has 1 atom stereocenters. The highest BCUT2D eigenvalue weighted by Crippen LogP contribution is 2.15. The minimum Gasteiger partial charge on any atom is -0.462 e. The lowest BCUT2D eigenvalue weighted by Gasteiger charge is -2.18. The van der Waals surface area contributed by atoms with Gasteiger partial charge in [-0.15, -0.1) is 0 Å². The van der Waals surface area contributed by atoms with Crippen LogP contribution < -0.4 is 0 Å². The van der Waals surface area contributed by atoms with E-state index in [1.165, 1.54) is 122 Å². The summed E-state index contributed by atoms with van der Waals surface area (Å²) in [6, 6.07) is 0. The molecule has 0 saturated heterocycles. The van der Waals surface area contributed by atoms with Crippen LogP contribution in [0.5, 0.6) is 0 Å². The van der Waals surface area contributed by atoms with Crippen molar-refractivity contribution in [3.63, 3.8) is 0 Å². The number of ether oxygens (including phenoxy) is 3. The lowest BCUT2D eigenvalue weighted by molar-refractivity contribution is -0.163. The van der Waals surface area contributed by atoms with Crippen LogP contribution in [0.2, 0.25) is 0 Å². The van der Waals surface area contributed by atoms with Gasteiger partial charge >= 0.3 is 11.9 Å². The van der Waals surface area contributed by atoms with Gasteiger partial charge in [-0.2, -0.15) is 0 Å². The molecule has 0 rings (SSSR count). The molecule has 0 radical (unpaired) electrons. The zero-order chi connectivity index (χ0) is 44.9. The zero-order valence-corrected chi connectivity index (χ0v) is 41.1. The summed E-state index contributed by atoms with van der Waals surface area (Å²) in [5.74, 6) is -0.418. The standard InChI is InChI=1S/C57H100O5/c1-4-7-10-13-16-19-22-25-28-31-34-37-40-43-46-49-52-60-53-55(62-57(59)51-48-45-42-39-36-33-30-27-24-21-18-15-12-9-6-3)54-61-56(58)50-47-44-41-38-35-32-29-26-23-20-17-14-11-8-5-2/h7-8,10-11,16-17,19-20,25-26,28-29,55H,4-6,9,12-15,18,21-24,27,30-54H2,1-3H3/b10-7-,11-8-,19-16-,20-17-,28-25-,29-26-. The van der Waals surface area contributed by atoms with E-state index in [0.29, 0.717) is 19.4 Å². The van der Waals surface area contributed by atoms with Crippen molar-refractivity contribution < 1.29 is 23.8 Å². The van der Waals surface area contributed by atoms with Crippen molar-refractivity contribution in [2.75, 3.05) is 19.8 Å². The first-order valence-corrected chi connectivity index (χ1v) is 26.5. The van der Waals surface area contributed by atoms with E-state index in [1.54, 1.807) is 0 Å². The van der Waals surface area contributed by atoms with Crippen LogP contribution in [0.4, 0.5) is 0 Å². The van der Waals surface area contributed by atoms with E-state index in [1.807, 2.05) is 0 Å². The molecule has 0 N–H and O–H groups in total. The Hall–Kier alpha value is -2.66. The van der Waals surface area contributed by atoms with Gasteiger partial charge in [-0.25, -0.2) is 0 Å². The Balaban J connectivity index is 4.31. The van der Waals surface area contributed by atoms with Gasteiger partial charge in [-0.1, -0.05) is 229 Å². The molecule has 0 heterocycles. The molecule has 0 amide bonds. The molecule has 358 valence electrons. The van der Waals surface area contributed by atoms with Crippen LogP contribution in [-0.4, -0.2) is 37.9 Å². The van der Waals surface area contributed by atoms with Gasteiger partial charge in [-0.05, 0) is 83.5 Å². The van der Waals surface area contributed by atoms with E-state index in [2.05, 4.69) is 93.7 Å². The fourth-order valence-electron chi connectivity index (χ4n) is 7.36. The Morgan fingerprint density at radius 3 is 1.16 bits per heavy atom. The summed E-state index contributed by atoms with van der Waals surface area (Å²) in [6.45, 7) is 7.58. The maximum absolute atomic E-state index is 12.8. The molecule has 0 saturated carbocycles. The van der Waals surface area contributed by atoms with Gasteiger partial charge in [0.1, 0.15) is 6.61 Å². The number of rotatable bonds is 48. The maximum atomic E-state index is 12.8. The second-order valence-electron chi connectivity index (χ2n) is 17.4. The quantitative estimate of drug-likeness (QED) is 0.0346. The van der Waals surface area contributed by atoms with Crippen molar-refractivity contribution in [2.45, 2.75) is 258 Å². The highest BCUT2D eigenvalue weighted by Gasteiger charge is 2.17. The van der Waals surface area contributed by atoms with Crippen molar-refractivity contribution in [3.8, 4) is 0 Å². The minimum absolute atomic E-state index is 0.0709. The number of carbonyl (C=O) groups is 2. The molecular formula is C57H100O5. The van der Waals surface area contributed by atoms with Crippen molar-refractivity contribution in [1.29, 1.82) is 0 Å². The van der Waals surface area contributed by atoms with E-state index in [-0.39, 0.29) is 25.2 Å². The summed E-state index contributed by atoms with van der Waals surface area (Å²) in [5, 5.41) is 0. The summed E-state index contributed by atoms with van der Waals surface area (Å²) in [7, 11) is 0. The summed E-state index contributed by atoms with van der Waals surface area (Å²) < 4.78 is 17.4. The average Bonchev–Trinajstić information content (AvgIpc) is 3.27. The molecule has 0 fully saturated rings. The van der Waals surface area contributed by atoms with Crippen molar-refractivity contribution in [2.24, 2.45) is 0 Å². The van der Waals surface area contributed by atoms with Crippen LogP contribution in [0.1, 0.15) is 252 Å². The molecule has 0 bridgehead atoms. The van der Waals surface area contributed by atoms with Crippen LogP contribution >= 0.6 is 0 Å². The van der Waals surface area contributed by atoms with Gasteiger partial charge < -0.3 is 14.2 Å². The molecule has 0 aliphatic rings. The zero-order valence-electron chi connectivity index (χ0n) is 41.1. The van der Waals surface area contributed by atoms with E-state index in [9.17, 15) is 9.59 Å². The number of hydrogen-bond donors (Lipinski definition) is 0. The van der Waals surface area contributed by atoms with Gasteiger partial charge in [0, 0.05) is 19.4 Å². The van der Waals surface area contributed by atoms with Gasteiger partial charge in [0.05, 0.1) is 6.61 Å². The Bertz CT molecular complexity index is 1110.